The number of pyridine rings is 1. The molecule has 0 aromatic carbocycles. The number of hydrogen-bond donors (Lipinski definition) is 0. The minimum atomic E-state index is 0.495. The summed E-state index contributed by atoms with van der Waals surface area (Å²) in [5.41, 5.74) is 0.594. The molecule has 0 aliphatic rings. The van der Waals surface area contributed by atoms with Crippen molar-refractivity contribution in [3.05, 3.63) is 23.6 Å². The summed E-state index contributed by atoms with van der Waals surface area (Å²) in [5, 5.41) is 4.88. The summed E-state index contributed by atoms with van der Waals surface area (Å²) in [6.45, 7) is 0. The Hall–Kier alpha value is -1.09. The van der Waals surface area contributed by atoms with Crippen molar-refractivity contribution in [1.29, 1.82) is 0 Å². The van der Waals surface area contributed by atoms with Crippen molar-refractivity contribution in [2.24, 2.45) is 0 Å². The SMILES string of the molecule is Clc1cncc2cnoc12. The van der Waals surface area contributed by atoms with E-state index < -0.39 is 0 Å². The molecule has 10 heavy (non-hydrogen) atoms. The van der Waals surface area contributed by atoms with Crippen molar-refractivity contribution in [2.45, 2.75) is 0 Å². The zero-order valence-corrected chi connectivity index (χ0v) is 5.67. The number of halogens is 1. The van der Waals surface area contributed by atoms with Crippen molar-refractivity contribution in [3.8, 4) is 0 Å². The molecule has 0 bridgehead atoms. The van der Waals surface area contributed by atoms with Crippen molar-refractivity contribution < 1.29 is 4.52 Å². The summed E-state index contributed by atoms with van der Waals surface area (Å²) in [6, 6.07) is 0. The largest absolute Gasteiger partial charge is 0.355 e. The van der Waals surface area contributed by atoms with Gasteiger partial charge in [-0.3, -0.25) is 4.98 Å². The first-order valence-corrected chi connectivity index (χ1v) is 3.09. The van der Waals surface area contributed by atoms with Crippen LogP contribution < -0.4 is 0 Å². The van der Waals surface area contributed by atoms with Crippen molar-refractivity contribution in [3.63, 3.8) is 0 Å². The van der Waals surface area contributed by atoms with E-state index in [0.717, 1.165) is 5.39 Å². The topological polar surface area (TPSA) is 38.9 Å². The average Bonchev–Trinajstić information content (AvgIpc) is 2.36. The third-order valence-corrected chi connectivity index (χ3v) is 1.49. The van der Waals surface area contributed by atoms with Crippen LogP contribution in [0.4, 0.5) is 0 Å². The lowest BCUT2D eigenvalue weighted by Gasteiger charge is -1.85. The van der Waals surface area contributed by atoms with Gasteiger partial charge in [0, 0.05) is 12.4 Å². The fourth-order valence-electron chi connectivity index (χ4n) is 0.762. The van der Waals surface area contributed by atoms with Gasteiger partial charge in [-0.05, 0) is 0 Å². The first-order valence-electron chi connectivity index (χ1n) is 2.72. The van der Waals surface area contributed by atoms with Gasteiger partial charge in [-0.2, -0.15) is 0 Å². The Labute approximate surface area is 61.6 Å². The highest BCUT2D eigenvalue weighted by molar-refractivity contribution is 6.34. The lowest BCUT2D eigenvalue weighted by Crippen LogP contribution is -1.69. The molecule has 0 spiro atoms. The molecule has 0 aliphatic carbocycles. The molecular formula is C6H3ClN2O. The van der Waals surface area contributed by atoms with Crippen LogP contribution in [0.1, 0.15) is 0 Å². The third-order valence-electron chi connectivity index (χ3n) is 1.22. The van der Waals surface area contributed by atoms with Gasteiger partial charge in [-0.15, -0.1) is 0 Å². The average molecular weight is 155 g/mol. The van der Waals surface area contributed by atoms with E-state index in [1.54, 1.807) is 12.4 Å². The van der Waals surface area contributed by atoms with Gasteiger partial charge in [0.1, 0.15) is 5.02 Å². The van der Waals surface area contributed by atoms with Crippen molar-refractivity contribution in [1.82, 2.24) is 10.1 Å². The second kappa shape index (κ2) is 1.95. The monoisotopic (exact) mass is 154 g/mol. The zero-order chi connectivity index (χ0) is 6.97. The summed E-state index contributed by atoms with van der Waals surface area (Å²) in [4.78, 5) is 3.85. The molecule has 2 heterocycles. The van der Waals surface area contributed by atoms with E-state index in [1.165, 1.54) is 6.20 Å². The smallest absolute Gasteiger partial charge is 0.188 e. The lowest BCUT2D eigenvalue weighted by molar-refractivity contribution is 0.456. The Morgan fingerprint density at radius 3 is 3.00 bits per heavy atom. The molecule has 0 radical (unpaired) electrons. The van der Waals surface area contributed by atoms with E-state index in [9.17, 15) is 0 Å². The van der Waals surface area contributed by atoms with Crippen LogP contribution in [0.15, 0.2) is 23.1 Å². The fraction of sp³-hybridized carbons (Fsp3) is 0. The van der Waals surface area contributed by atoms with E-state index in [2.05, 4.69) is 10.1 Å². The first kappa shape index (κ1) is 5.68. The quantitative estimate of drug-likeness (QED) is 0.582. The number of nitrogens with zero attached hydrogens (tertiary/aromatic N) is 2. The van der Waals surface area contributed by atoms with Crippen LogP contribution in [0.2, 0.25) is 5.02 Å². The van der Waals surface area contributed by atoms with E-state index in [-0.39, 0.29) is 0 Å². The Balaban J connectivity index is 2.95. The molecule has 2 rings (SSSR count). The Morgan fingerprint density at radius 1 is 1.30 bits per heavy atom. The second-order valence-corrected chi connectivity index (χ2v) is 2.27. The van der Waals surface area contributed by atoms with Gasteiger partial charge in [-0.1, -0.05) is 16.8 Å². The maximum Gasteiger partial charge on any atom is 0.188 e. The summed E-state index contributed by atoms with van der Waals surface area (Å²) in [5.74, 6) is 0. The number of fused-ring (bicyclic) bond motifs is 1. The van der Waals surface area contributed by atoms with Crippen LogP contribution in [0.5, 0.6) is 0 Å². The van der Waals surface area contributed by atoms with Crippen LogP contribution >= 0.6 is 11.6 Å². The maximum absolute atomic E-state index is 5.70. The molecule has 0 aliphatic heterocycles. The summed E-state index contributed by atoms with van der Waals surface area (Å²) in [7, 11) is 0. The summed E-state index contributed by atoms with van der Waals surface area (Å²) < 4.78 is 4.83. The van der Waals surface area contributed by atoms with E-state index in [0.29, 0.717) is 10.6 Å². The number of aromatic nitrogens is 2. The molecule has 0 fully saturated rings. The van der Waals surface area contributed by atoms with Crippen molar-refractivity contribution in [2.75, 3.05) is 0 Å². The van der Waals surface area contributed by atoms with Crippen LogP contribution in [-0.2, 0) is 0 Å². The zero-order valence-electron chi connectivity index (χ0n) is 4.91. The Bertz CT molecular complexity index is 357. The molecule has 0 unspecified atom stereocenters. The van der Waals surface area contributed by atoms with Gasteiger partial charge in [0.05, 0.1) is 11.6 Å². The van der Waals surface area contributed by atoms with Crippen LogP contribution in [0.25, 0.3) is 11.0 Å². The highest BCUT2D eigenvalue weighted by Crippen LogP contribution is 2.20. The number of hydrogen-bond acceptors (Lipinski definition) is 3. The molecule has 3 nitrogen and oxygen atoms in total. The van der Waals surface area contributed by atoms with E-state index >= 15 is 0 Å². The molecule has 0 saturated carbocycles. The molecular weight excluding hydrogens is 152 g/mol. The van der Waals surface area contributed by atoms with Gasteiger partial charge in [0.15, 0.2) is 5.58 Å². The van der Waals surface area contributed by atoms with Gasteiger partial charge < -0.3 is 4.52 Å². The first-order chi connectivity index (χ1) is 4.88. The molecule has 0 N–H and O–H groups in total. The molecule has 0 amide bonds. The van der Waals surface area contributed by atoms with Crippen LogP contribution in [-0.4, -0.2) is 10.1 Å². The summed E-state index contributed by atoms with van der Waals surface area (Å²) >= 11 is 5.70. The van der Waals surface area contributed by atoms with Crippen LogP contribution in [0.3, 0.4) is 0 Å². The second-order valence-electron chi connectivity index (χ2n) is 1.87. The Kier molecular flexibility index (Phi) is 1.11. The maximum atomic E-state index is 5.70. The molecule has 4 heteroatoms. The van der Waals surface area contributed by atoms with E-state index in [1.807, 2.05) is 0 Å². The molecule has 0 atom stereocenters. The Morgan fingerprint density at radius 2 is 2.20 bits per heavy atom. The predicted octanol–water partition coefficient (Wildman–Crippen LogP) is 1.88. The van der Waals surface area contributed by atoms with E-state index in [4.69, 9.17) is 16.1 Å². The van der Waals surface area contributed by atoms with Crippen molar-refractivity contribution >= 4 is 22.6 Å². The van der Waals surface area contributed by atoms with Crippen LogP contribution in [0, 0.1) is 0 Å². The van der Waals surface area contributed by atoms with Gasteiger partial charge >= 0.3 is 0 Å². The number of rotatable bonds is 0. The highest BCUT2D eigenvalue weighted by Gasteiger charge is 2.01. The lowest BCUT2D eigenvalue weighted by atomic mass is 10.4. The molecule has 0 saturated heterocycles. The molecule has 50 valence electrons. The minimum absolute atomic E-state index is 0.495. The summed E-state index contributed by atoms with van der Waals surface area (Å²) in [6.07, 6.45) is 4.75. The minimum Gasteiger partial charge on any atom is -0.355 e. The molecule has 2 aromatic heterocycles. The predicted molar refractivity (Wildman–Crippen MR) is 36.8 cm³/mol. The normalized spacial score (nSPS) is 10.5. The highest BCUT2D eigenvalue weighted by atomic mass is 35.5. The van der Waals surface area contributed by atoms with Gasteiger partial charge in [-0.25, -0.2) is 0 Å². The molecule has 2 aromatic rings. The van der Waals surface area contributed by atoms with Gasteiger partial charge in [0.2, 0.25) is 0 Å². The third kappa shape index (κ3) is 0.675. The van der Waals surface area contributed by atoms with Gasteiger partial charge in [0.25, 0.3) is 0 Å². The standard InChI is InChI=1S/C6H3ClN2O/c7-5-3-8-1-4-2-9-10-6(4)5/h1-3H. The fourth-order valence-corrected chi connectivity index (χ4v) is 0.962.